The average molecular weight is 352 g/mol. The Morgan fingerprint density at radius 1 is 1.08 bits per heavy atom. The van der Waals surface area contributed by atoms with Crippen LogP contribution in [0.15, 0.2) is 36.7 Å². The summed E-state index contributed by atoms with van der Waals surface area (Å²) >= 11 is 1.56. The molecule has 4 aromatic rings. The summed E-state index contributed by atoms with van der Waals surface area (Å²) in [6.07, 6.45) is 1.54. The van der Waals surface area contributed by atoms with Crippen LogP contribution in [0.1, 0.15) is 11.4 Å². The first-order chi connectivity index (χ1) is 12.1. The Morgan fingerprint density at radius 2 is 1.96 bits per heavy atom. The molecule has 126 valence electrons. The van der Waals surface area contributed by atoms with Crippen LogP contribution in [-0.4, -0.2) is 31.8 Å². The van der Waals surface area contributed by atoms with Gasteiger partial charge in [-0.15, -0.1) is 0 Å². The molecule has 0 aliphatic rings. The SMILES string of the molecule is COc1ccc2nc(-n3nc(C)cc3Nc3cc(C)ncn3)sc2c1. The normalized spacial score (nSPS) is 11.0. The van der Waals surface area contributed by atoms with E-state index in [-0.39, 0.29) is 0 Å². The van der Waals surface area contributed by atoms with Gasteiger partial charge in [0.1, 0.15) is 23.7 Å². The molecule has 0 fully saturated rings. The molecular formula is C17H16N6OS. The molecule has 0 aliphatic heterocycles. The Hall–Kier alpha value is -3.00. The van der Waals surface area contributed by atoms with Gasteiger partial charge < -0.3 is 10.1 Å². The molecule has 3 aromatic heterocycles. The van der Waals surface area contributed by atoms with E-state index in [9.17, 15) is 0 Å². The molecule has 4 rings (SSSR count). The molecule has 0 aliphatic carbocycles. The fourth-order valence-corrected chi connectivity index (χ4v) is 3.46. The minimum atomic E-state index is 0.719. The lowest BCUT2D eigenvalue weighted by atomic mass is 10.3. The van der Waals surface area contributed by atoms with Crippen molar-refractivity contribution in [2.45, 2.75) is 13.8 Å². The maximum Gasteiger partial charge on any atom is 0.213 e. The van der Waals surface area contributed by atoms with Gasteiger partial charge in [0, 0.05) is 17.8 Å². The number of hydrogen-bond acceptors (Lipinski definition) is 7. The number of methoxy groups -OCH3 is 1. The molecule has 0 saturated heterocycles. The number of aromatic nitrogens is 5. The first-order valence-electron chi connectivity index (χ1n) is 7.70. The Bertz CT molecular complexity index is 1050. The topological polar surface area (TPSA) is 77.8 Å². The lowest BCUT2D eigenvalue weighted by molar-refractivity contribution is 0.415. The second-order valence-electron chi connectivity index (χ2n) is 5.58. The van der Waals surface area contributed by atoms with Gasteiger partial charge >= 0.3 is 0 Å². The highest BCUT2D eigenvalue weighted by molar-refractivity contribution is 7.20. The molecule has 0 amide bonds. The molecule has 7 nitrogen and oxygen atoms in total. The average Bonchev–Trinajstić information content (AvgIpc) is 3.17. The molecule has 0 radical (unpaired) electrons. The number of thiazole rings is 1. The van der Waals surface area contributed by atoms with Crippen molar-refractivity contribution < 1.29 is 4.74 Å². The van der Waals surface area contributed by atoms with E-state index in [1.54, 1.807) is 23.1 Å². The van der Waals surface area contributed by atoms with E-state index in [4.69, 9.17) is 4.74 Å². The van der Waals surface area contributed by atoms with Crippen molar-refractivity contribution >= 4 is 33.2 Å². The van der Waals surface area contributed by atoms with Crippen molar-refractivity contribution in [1.82, 2.24) is 24.7 Å². The predicted molar refractivity (Wildman–Crippen MR) is 98.1 cm³/mol. The number of fused-ring (bicyclic) bond motifs is 1. The highest BCUT2D eigenvalue weighted by Gasteiger charge is 2.13. The lowest BCUT2D eigenvalue weighted by Crippen LogP contribution is -2.03. The number of rotatable bonds is 4. The van der Waals surface area contributed by atoms with Crippen LogP contribution in [0.4, 0.5) is 11.6 Å². The Labute approximate surface area is 148 Å². The lowest BCUT2D eigenvalue weighted by Gasteiger charge is -2.06. The molecule has 3 heterocycles. The van der Waals surface area contributed by atoms with Crippen LogP contribution < -0.4 is 10.1 Å². The van der Waals surface area contributed by atoms with Gasteiger partial charge in [0.2, 0.25) is 5.13 Å². The number of ether oxygens (including phenoxy) is 1. The van der Waals surface area contributed by atoms with E-state index in [0.29, 0.717) is 0 Å². The number of benzene rings is 1. The summed E-state index contributed by atoms with van der Waals surface area (Å²) in [4.78, 5) is 13.0. The first-order valence-corrected chi connectivity index (χ1v) is 8.51. The molecule has 0 unspecified atom stereocenters. The third-order valence-electron chi connectivity index (χ3n) is 3.66. The fourth-order valence-electron chi connectivity index (χ4n) is 2.50. The molecule has 1 aromatic carbocycles. The zero-order valence-electron chi connectivity index (χ0n) is 14.0. The smallest absolute Gasteiger partial charge is 0.213 e. The van der Waals surface area contributed by atoms with E-state index in [1.165, 1.54) is 6.33 Å². The molecule has 1 N–H and O–H groups in total. The van der Waals surface area contributed by atoms with Crippen LogP contribution in [0.25, 0.3) is 15.3 Å². The van der Waals surface area contributed by atoms with E-state index in [2.05, 4.69) is 25.4 Å². The summed E-state index contributed by atoms with van der Waals surface area (Å²) in [5.41, 5.74) is 2.70. The van der Waals surface area contributed by atoms with Gasteiger partial charge in [0.05, 0.1) is 23.0 Å². The summed E-state index contributed by atoms with van der Waals surface area (Å²) in [6.45, 7) is 3.87. The first kappa shape index (κ1) is 15.5. The molecule has 0 bridgehead atoms. The monoisotopic (exact) mass is 352 g/mol. The highest BCUT2D eigenvalue weighted by atomic mass is 32.1. The zero-order chi connectivity index (χ0) is 17.4. The predicted octanol–water partition coefficient (Wildman–Crippen LogP) is 3.64. The van der Waals surface area contributed by atoms with Crippen molar-refractivity contribution in [3.05, 3.63) is 48.0 Å². The summed E-state index contributed by atoms with van der Waals surface area (Å²) in [7, 11) is 1.66. The van der Waals surface area contributed by atoms with Gasteiger partial charge in [-0.1, -0.05) is 11.3 Å². The van der Waals surface area contributed by atoms with Gasteiger partial charge in [-0.2, -0.15) is 9.78 Å². The third kappa shape index (κ3) is 3.03. The van der Waals surface area contributed by atoms with E-state index in [1.807, 2.05) is 44.2 Å². The Morgan fingerprint density at radius 3 is 2.76 bits per heavy atom. The molecule has 0 saturated carbocycles. The van der Waals surface area contributed by atoms with Gasteiger partial charge in [0.25, 0.3) is 0 Å². The van der Waals surface area contributed by atoms with E-state index >= 15 is 0 Å². The van der Waals surface area contributed by atoms with Crippen molar-refractivity contribution in [3.8, 4) is 10.9 Å². The summed E-state index contributed by atoms with van der Waals surface area (Å²) in [5.74, 6) is 2.34. The highest BCUT2D eigenvalue weighted by Crippen LogP contribution is 2.30. The fraction of sp³-hybridized carbons (Fsp3) is 0.176. The van der Waals surface area contributed by atoms with Crippen molar-refractivity contribution in [2.75, 3.05) is 12.4 Å². The molecule has 0 spiro atoms. The number of nitrogens with zero attached hydrogens (tertiary/aromatic N) is 5. The van der Waals surface area contributed by atoms with Crippen molar-refractivity contribution in [2.24, 2.45) is 0 Å². The summed E-state index contributed by atoms with van der Waals surface area (Å²) in [6, 6.07) is 9.68. The number of aryl methyl sites for hydroxylation is 2. The maximum atomic E-state index is 5.29. The Kier molecular flexibility index (Phi) is 3.81. The van der Waals surface area contributed by atoms with Gasteiger partial charge in [0.15, 0.2) is 0 Å². The molecular weight excluding hydrogens is 336 g/mol. The molecule has 8 heteroatoms. The van der Waals surface area contributed by atoms with Crippen LogP contribution >= 0.6 is 11.3 Å². The van der Waals surface area contributed by atoms with Crippen LogP contribution in [-0.2, 0) is 0 Å². The zero-order valence-corrected chi connectivity index (χ0v) is 14.8. The van der Waals surface area contributed by atoms with Gasteiger partial charge in [-0.25, -0.2) is 15.0 Å². The number of nitrogens with one attached hydrogen (secondary N) is 1. The minimum Gasteiger partial charge on any atom is -0.497 e. The standard InChI is InChI=1S/C17H16N6OS/c1-10-6-15(19-9-18-10)21-16-7-11(2)22-23(16)17-20-13-5-4-12(24-3)8-14(13)25-17/h4-9H,1-3H3,(H,18,19,21). The number of hydrogen-bond donors (Lipinski definition) is 1. The second-order valence-corrected chi connectivity index (χ2v) is 6.59. The third-order valence-corrected chi connectivity index (χ3v) is 4.65. The molecule has 25 heavy (non-hydrogen) atoms. The molecule has 0 atom stereocenters. The maximum absolute atomic E-state index is 5.29. The summed E-state index contributed by atoms with van der Waals surface area (Å²) < 4.78 is 8.13. The second kappa shape index (κ2) is 6.14. The quantitative estimate of drug-likeness (QED) is 0.604. The van der Waals surface area contributed by atoms with E-state index < -0.39 is 0 Å². The minimum absolute atomic E-state index is 0.719. The van der Waals surface area contributed by atoms with Crippen LogP contribution in [0, 0.1) is 13.8 Å². The number of anilines is 2. The van der Waals surface area contributed by atoms with Crippen molar-refractivity contribution in [1.29, 1.82) is 0 Å². The largest absolute Gasteiger partial charge is 0.497 e. The van der Waals surface area contributed by atoms with Gasteiger partial charge in [-0.3, -0.25) is 0 Å². The van der Waals surface area contributed by atoms with Gasteiger partial charge in [-0.05, 0) is 32.0 Å². The Balaban J connectivity index is 1.75. The van der Waals surface area contributed by atoms with E-state index in [0.717, 1.165) is 44.1 Å². The van der Waals surface area contributed by atoms with Crippen LogP contribution in [0.5, 0.6) is 5.75 Å². The van der Waals surface area contributed by atoms with Crippen LogP contribution in [0.2, 0.25) is 0 Å². The van der Waals surface area contributed by atoms with Crippen molar-refractivity contribution in [3.63, 3.8) is 0 Å². The van der Waals surface area contributed by atoms with Crippen LogP contribution in [0.3, 0.4) is 0 Å². The summed E-state index contributed by atoms with van der Waals surface area (Å²) in [5, 5.41) is 8.64.